The molecule has 0 spiro atoms. The third-order valence-corrected chi connectivity index (χ3v) is 15.3. The van der Waals surface area contributed by atoms with Crippen molar-refractivity contribution < 1.29 is 23.9 Å². The highest BCUT2D eigenvalue weighted by Gasteiger charge is 2.32. The summed E-state index contributed by atoms with van der Waals surface area (Å²) in [5.41, 5.74) is 4.53. The molecule has 3 aliphatic rings. The van der Waals surface area contributed by atoms with Crippen molar-refractivity contribution in [3.8, 4) is 5.75 Å². The van der Waals surface area contributed by atoms with E-state index in [1.807, 2.05) is 18.2 Å². The van der Waals surface area contributed by atoms with Crippen molar-refractivity contribution in [1.82, 2.24) is 30.0 Å². The Morgan fingerprint density at radius 2 is 1.67 bits per heavy atom. The number of rotatable bonds is 18. The molecule has 0 bridgehead atoms. The van der Waals surface area contributed by atoms with Crippen LogP contribution in [0.3, 0.4) is 0 Å². The molecule has 0 radical (unpaired) electrons. The van der Waals surface area contributed by atoms with Crippen LogP contribution >= 0.6 is 19.5 Å². The Balaban J connectivity index is 0.862. The Morgan fingerprint density at radius 1 is 0.924 bits per heavy atom. The standard InChI is InChI=1S/C50H65ClN9O5P/c1-52-48(63)44(10-8-28-61)57(2)49(64)40-30-39(14-12-37(40)33-62)60-24-16-34(17-25-60)32-58-22-20-38(21-23-58)59-26-18-35(19-27-59)36-13-15-42(45(29-36)65-3)55-50-53-31-41(51)47(56-50)54-43-9-6-7-11-46(43)66(4)5/h6-7,9,11-15,28-31,33-35,38,44H,8,10,16-27,32H2,1-5H3,(H,52,63)(H2,53,54,55,56). The third-order valence-electron chi connectivity index (χ3n) is 13.7. The molecule has 7 rings (SSSR count). The molecule has 1 aromatic heterocycles. The van der Waals surface area contributed by atoms with Gasteiger partial charge < -0.3 is 45.1 Å². The second-order valence-corrected chi connectivity index (χ2v) is 20.6. The van der Waals surface area contributed by atoms with Crippen LogP contribution in [0.1, 0.15) is 83.6 Å². The van der Waals surface area contributed by atoms with Crippen LogP contribution in [-0.2, 0) is 9.59 Å². The number of amides is 2. The molecule has 1 unspecified atom stereocenters. The van der Waals surface area contributed by atoms with Gasteiger partial charge in [-0.25, -0.2) is 4.98 Å². The fourth-order valence-electron chi connectivity index (χ4n) is 9.85. The Bertz CT molecular complexity index is 2310. The first kappa shape index (κ1) is 48.8. The summed E-state index contributed by atoms with van der Waals surface area (Å²) in [6.45, 7) is 11.7. The van der Waals surface area contributed by atoms with Crippen LogP contribution in [0.15, 0.2) is 66.9 Å². The monoisotopic (exact) mass is 937 g/mol. The minimum absolute atomic E-state index is 0.148. The van der Waals surface area contributed by atoms with Crippen LogP contribution in [-0.4, -0.2) is 141 Å². The molecular weight excluding hydrogens is 873 g/mol. The van der Waals surface area contributed by atoms with Gasteiger partial charge in [-0.1, -0.05) is 43.8 Å². The molecule has 1 atom stereocenters. The molecule has 3 N–H and O–H groups in total. The number of hydrogen-bond donors (Lipinski definition) is 3. The van der Waals surface area contributed by atoms with Crippen molar-refractivity contribution in [3.05, 3.63) is 88.6 Å². The molecule has 2 amide bonds. The van der Waals surface area contributed by atoms with E-state index >= 15 is 0 Å². The number of halogens is 1. The molecule has 3 aromatic carbocycles. The Hall–Kier alpha value is -5.14. The van der Waals surface area contributed by atoms with E-state index in [4.69, 9.17) is 21.3 Å². The largest absolute Gasteiger partial charge is 0.495 e. The number of anilines is 5. The minimum atomic E-state index is -0.816. The summed E-state index contributed by atoms with van der Waals surface area (Å²) in [6.07, 6.45) is 10.1. The normalized spacial score (nSPS) is 17.3. The van der Waals surface area contributed by atoms with E-state index in [-0.39, 0.29) is 37.8 Å². The highest BCUT2D eigenvalue weighted by molar-refractivity contribution is 7.64. The molecule has 0 saturated carbocycles. The van der Waals surface area contributed by atoms with Crippen molar-refractivity contribution in [2.75, 3.05) is 95.9 Å². The van der Waals surface area contributed by atoms with Gasteiger partial charge >= 0.3 is 0 Å². The molecular formula is C50H65ClN9O5P. The van der Waals surface area contributed by atoms with Crippen molar-refractivity contribution in [2.24, 2.45) is 5.92 Å². The molecule has 4 heterocycles. The van der Waals surface area contributed by atoms with Gasteiger partial charge in [0.25, 0.3) is 5.91 Å². The Kier molecular flexibility index (Phi) is 17.0. The number of ether oxygens (including phenoxy) is 1. The van der Waals surface area contributed by atoms with Gasteiger partial charge in [-0.3, -0.25) is 14.4 Å². The zero-order valence-corrected chi connectivity index (χ0v) is 40.6. The minimum Gasteiger partial charge on any atom is -0.495 e. The van der Waals surface area contributed by atoms with E-state index in [0.717, 1.165) is 101 Å². The van der Waals surface area contributed by atoms with Crippen LogP contribution in [0, 0.1) is 5.92 Å². The topological polar surface area (TPSA) is 152 Å². The second-order valence-electron chi connectivity index (χ2n) is 18.0. The maximum absolute atomic E-state index is 13.7. The van der Waals surface area contributed by atoms with Crippen LogP contribution < -0.4 is 30.9 Å². The van der Waals surface area contributed by atoms with E-state index in [1.54, 1.807) is 32.5 Å². The van der Waals surface area contributed by atoms with E-state index < -0.39 is 11.9 Å². The second kappa shape index (κ2) is 23.0. The maximum atomic E-state index is 13.7. The van der Waals surface area contributed by atoms with Gasteiger partial charge in [-0.15, -0.1) is 0 Å². The number of aldehydes is 2. The maximum Gasteiger partial charge on any atom is 0.255 e. The zero-order chi connectivity index (χ0) is 46.7. The Labute approximate surface area is 395 Å². The molecule has 0 aliphatic carbocycles. The number of carbonyl (C=O) groups is 4. The van der Waals surface area contributed by atoms with E-state index in [9.17, 15) is 19.2 Å². The number of likely N-dealkylation sites (tertiary alicyclic amines) is 2. The number of nitrogens with one attached hydrogen (secondary N) is 3. The number of para-hydroxylation sites is 1. The lowest BCUT2D eigenvalue weighted by atomic mass is 9.87. The highest BCUT2D eigenvalue weighted by Crippen LogP contribution is 2.37. The summed E-state index contributed by atoms with van der Waals surface area (Å²) >= 11 is 6.54. The molecule has 16 heteroatoms. The number of benzene rings is 3. The molecule has 3 aliphatic heterocycles. The summed E-state index contributed by atoms with van der Waals surface area (Å²) < 4.78 is 5.88. The van der Waals surface area contributed by atoms with E-state index in [0.29, 0.717) is 41.0 Å². The first-order valence-electron chi connectivity index (χ1n) is 23.2. The number of carbonyl (C=O) groups excluding carboxylic acids is 4. The SMILES string of the molecule is CNC(=O)C(CCC=O)N(C)C(=O)c1cc(N2CCC(CN3CCC(N4CCC(c5ccc(Nc6ncc(Cl)c(Nc7ccccc7P(C)C)n6)c(OC)c5)CC4)CC3)CC2)ccc1C=O. The lowest BCUT2D eigenvalue weighted by Gasteiger charge is -2.43. The highest BCUT2D eigenvalue weighted by atomic mass is 35.5. The van der Waals surface area contributed by atoms with Crippen molar-refractivity contribution in [2.45, 2.75) is 69.4 Å². The average molecular weight is 939 g/mol. The summed E-state index contributed by atoms with van der Waals surface area (Å²) in [6, 6.07) is 19.9. The lowest BCUT2D eigenvalue weighted by molar-refractivity contribution is -0.125. The summed E-state index contributed by atoms with van der Waals surface area (Å²) in [7, 11) is 4.43. The molecule has 4 aromatic rings. The van der Waals surface area contributed by atoms with E-state index in [1.165, 1.54) is 35.7 Å². The number of methoxy groups -OCH3 is 1. The van der Waals surface area contributed by atoms with Gasteiger partial charge in [-0.2, -0.15) is 4.98 Å². The van der Waals surface area contributed by atoms with Crippen LogP contribution in [0.5, 0.6) is 5.75 Å². The first-order chi connectivity index (χ1) is 32.0. The van der Waals surface area contributed by atoms with Crippen molar-refractivity contribution in [3.63, 3.8) is 0 Å². The molecule has 3 fully saturated rings. The third kappa shape index (κ3) is 11.9. The fraction of sp³-hybridized carbons (Fsp3) is 0.480. The number of hydrogen-bond acceptors (Lipinski definition) is 12. The van der Waals surface area contributed by atoms with Crippen molar-refractivity contribution >= 4 is 78.0 Å². The van der Waals surface area contributed by atoms with Crippen LogP contribution in [0.2, 0.25) is 5.02 Å². The predicted molar refractivity (Wildman–Crippen MR) is 266 cm³/mol. The first-order valence-corrected chi connectivity index (χ1v) is 25.8. The number of piperidine rings is 3. The Morgan fingerprint density at radius 3 is 2.35 bits per heavy atom. The fourth-order valence-corrected chi connectivity index (χ4v) is 11.0. The summed E-state index contributed by atoms with van der Waals surface area (Å²) in [5, 5.41) is 11.1. The lowest BCUT2D eigenvalue weighted by Crippen LogP contribution is -2.49. The zero-order valence-electron chi connectivity index (χ0n) is 39.0. The van der Waals surface area contributed by atoms with Gasteiger partial charge in [0.05, 0.1) is 24.6 Å². The summed E-state index contributed by atoms with van der Waals surface area (Å²) in [4.78, 5) is 67.5. The van der Waals surface area contributed by atoms with E-state index in [2.05, 4.69) is 79.3 Å². The quantitative estimate of drug-likeness (QED) is 0.0668. The van der Waals surface area contributed by atoms with Gasteiger partial charge in [0.1, 0.15) is 23.1 Å². The van der Waals surface area contributed by atoms with Gasteiger partial charge in [0.2, 0.25) is 11.9 Å². The van der Waals surface area contributed by atoms with Gasteiger partial charge in [-0.05, 0) is 144 Å². The molecule has 66 heavy (non-hydrogen) atoms. The molecule has 3 saturated heterocycles. The summed E-state index contributed by atoms with van der Waals surface area (Å²) in [5.74, 6) is 2.04. The average Bonchev–Trinajstić information content (AvgIpc) is 3.35. The van der Waals surface area contributed by atoms with Gasteiger partial charge in [0.15, 0.2) is 12.1 Å². The number of nitrogens with zero attached hydrogens (tertiary/aromatic N) is 6. The van der Waals surface area contributed by atoms with Gasteiger partial charge in [0, 0.05) is 63.1 Å². The number of likely N-dealkylation sites (N-methyl/N-ethyl adjacent to an activating group) is 2. The van der Waals surface area contributed by atoms with Crippen LogP contribution in [0.4, 0.5) is 28.8 Å². The van der Waals surface area contributed by atoms with Crippen molar-refractivity contribution in [1.29, 1.82) is 0 Å². The molecule has 14 nitrogen and oxygen atoms in total. The number of aromatic nitrogens is 2. The van der Waals surface area contributed by atoms with Crippen LogP contribution in [0.25, 0.3) is 0 Å². The smallest absolute Gasteiger partial charge is 0.255 e. The molecule has 352 valence electrons. The predicted octanol–water partition coefficient (Wildman–Crippen LogP) is 7.53.